The van der Waals surface area contributed by atoms with Crippen LogP contribution in [0.2, 0.25) is 10.0 Å². The summed E-state index contributed by atoms with van der Waals surface area (Å²) in [6.07, 6.45) is -0.471. The van der Waals surface area contributed by atoms with Crippen LogP contribution < -0.4 is 15.4 Å². The van der Waals surface area contributed by atoms with Gasteiger partial charge in [0.15, 0.2) is 0 Å². The van der Waals surface area contributed by atoms with E-state index in [0.717, 1.165) is 30.9 Å². The predicted molar refractivity (Wildman–Crippen MR) is 156 cm³/mol. The van der Waals surface area contributed by atoms with Gasteiger partial charge in [-0.1, -0.05) is 41.4 Å². The number of hydrogen-bond acceptors (Lipinski definition) is 8. The molecule has 3 heterocycles. The second-order valence-electron chi connectivity index (χ2n) is 9.55. The lowest BCUT2D eigenvalue weighted by Gasteiger charge is -2.28. The Hall–Kier alpha value is -3.61. The number of hydrogen-bond donors (Lipinski definition) is 2. The Morgan fingerprint density at radius 3 is 2.76 bits per heavy atom. The minimum absolute atomic E-state index is 0.0813. The number of halogens is 3. The van der Waals surface area contributed by atoms with E-state index < -0.39 is 23.8 Å². The zero-order valence-corrected chi connectivity index (χ0v) is 24.2. The standard InChI is InChI=1S/C29H28Cl2FN5O5/c1-40-10-11-42-29-21(14-19(32)15-33-29)27(38)36-26-28(39)34-23-5-3-2-4-20(23)25(35-26)24-17(12-18(30)13-22(24)31)16-37-6-8-41-9-7-37/h2-5,12-15,26H,6-11,16H2,1H3,(H,34,39)(H,36,38). The van der Waals surface area contributed by atoms with Crippen LogP contribution in [0.15, 0.2) is 53.7 Å². The number of carbonyl (C=O) groups excluding carboxylic acids is 2. The van der Waals surface area contributed by atoms with Gasteiger partial charge in [0.2, 0.25) is 12.0 Å². The smallest absolute Gasteiger partial charge is 0.269 e. The van der Waals surface area contributed by atoms with E-state index in [-0.39, 0.29) is 24.7 Å². The van der Waals surface area contributed by atoms with Crippen LogP contribution in [0.1, 0.15) is 27.0 Å². The third-order valence-electron chi connectivity index (χ3n) is 6.67. The molecule has 1 aromatic heterocycles. The highest BCUT2D eigenvalue weighted by atomic mass is 35.5. The number of aliphatic imine (C=N–C) groups is 1. The predicted octanol–water partition coefficient (Wildman–Crippen LogP) is 3.93. The summed E-state index contributed by atoms with van der Waals surface area (Å²) in [6.45, 7) is 3.47. The molecule has 42 heavy (non-hydrogen) atoms. The molecule has 5 rings (SSSR count). The summed E-state index contributed by atoms with van der Waals surface area (Å²) in [4.78, 5) is 37.6. The molecule has 0 aliphatic carbocycles. The number of methoxy groups -OCH3 is 1. The van der Waals surface area contributed by atoms with Crippen molar-refractivity contribution in [2.75, 3.05) is 51.9 Å². The number of benzodiazepines with no additional fused rings is 1. The van der Waals surface area contributed by atoms with E-state index in [0.29, 0.717) is 52.3 Å². The maximum Gasteiger partial charge on any atom is 0.269 e. The minimum Gasteiger partial charge on any atom is -0.475 e. The molecule has 1 unspecified atom stereocenters. The number of para-hydroxylation sites is 1. The maximum atomic E-state index is 14.1. The zero-order valence-electron chi connectivity index (χ0n) is 22.7. The van der Waals surface area contributed by atoms with Crippen molar-refractivity contribution >= 4 is 46.4 Å². The zero-order chi connectivity index (χ0) is 29.6. The number of nitrogens with one attached hydrogen (secondary N) is 2. The van der Waals surface area contributed by atoms with Crippen LogP contribution in [0.25, 0.3) is 0 Å². The molecule has 1 atom stereocenters. The SMILES string of the molecule is COCCOc1ncc(F)cc1C(=O)NC1N=C(c2c(Cl)cc(Cl)cc2CN2CCOCC2)c2ccccc2NC1=O. The molecule has 10 nitrogen and oxygen atoms in total. The van der Waals surface area contributed by atoms with Crippen molar-refractivity contribution in [3.05, 3.63) is 86.8 Å². The highest BCUT2D eigenvalue weighted by Gasteiger charge is 2.31. The number of carbonyl (C=O) groups is 2. The Bertz CT molecular complexity index is 1520. The van der Waals surface area contributed by atoms with Gasteiger partial charge in [0, 0.05) is 42.9 Å². The third kappa shape index (κ3) is 6.88. The average molecular weight is 616 g/mol. The first-order chi connectivity index (χ1) is 20.3. The van der Waals surface area contributed by atoms with Crippen molar-refractivity contribution in [1.29, 1.82) is 0 Å². The topological polar surface area (TPSA) is 114 Å². The molecule has 0 spiro atoms. The molecule has 2 aliphatic rings. The molecule has 2 aliphatic heterocycles. The Kier molecular flexibility index (Phi) is 9.65. The van der Waals surface area contributed by atoms with Gasteiger partial charge in [-0.2, -0.15) is 0 Å². The van der Waals surface area contributed by atoms with E-state index in [2.05, 4.69) is 20.5 Å². The van der Waals surface area contributed by atoms with E-state index >= 15 is 0 Å². The molecule has 0 bridgehead atoms. The number of pyridine rings is 1. The Morgan fingerprint density at radius 2 is 1.98 bits per heavy atom. The fourth-order valence-corrected chi connectivity index (χ4v) is 5.32. The van der Waals surface area contributed by atoms with Crippen LogP contribution in [-0.4, -0.2) is 80.2 Å². The summed E-state index contributed by atoms with van der Waals surface area (Å²) >= 11 is 13.2. The average Bonchev–Trinajstić information content (AvgIpc) is 3.10. The Labute approximate surface area is 251 Å². The molecule has 0 saturated carbocycles. The molecule has 1 fully saturated rings. The lowest BCUT2D eigenvalue weighted by atomic mass is 9.95. The van der Waals surface area contributed by atoms with E-state index in [4.69, 9.17) is 42.4 Å². The van der Waals surface area contributed by atoms with Crippen molar-refractivity contribution in [3.8, 4) is 5.88 Å². The molecule has 3 aromatic rings. The lowest BCUT2D eigenvalue weighted by Crippen LogP contribution is -2.42. The minimum atomic E-state index is -1.40. The number of nitrogens with zero attached hydrogens (tertiary/aromatic N) is 3. The molecule has 13 heteroatoms. The quantitative estimate of drug-likeness (QED) is 0.351. The number of aromatic nitrogens is 1. The Morgan fingerprint density at radius 1 is 1.19 bits per heavy atom. The van der Waals surface area contributed by atoms with Gasteiger partial charge < -0.3 is 24.8 Å². The van der Waals surface area contributed by atoms with Gasteiger partial charge in [-0.3, -0.25) is 14.5 Å². The molecule has 2 aromatic carbocycles. The molecule has 0 radical (unpaired) electrons. The fraction of sp³-hybridized carbons (Fsp3) is 0.310. The number of benzene rings is 2. The largest absolute Gasteiger partial charge is 0.475 e. The summed E-state index contributed by atoms with van der Waals surface area (Å²) in [5.41, 5.74) is 2.64. The van der Waals surface area contributed by atoms with Gasteiger partial charge in [-0.05, 0) is 29.8 Å². The summed E-state index contributed by atoms with van der Waals surface area (Å²) < 4.78 is 30.1. The summed E-state index contributed by atoms with van der Waals surface area (Å²) in [7, 11) is 1.49. The van der Waals surface area contributed by atoms with Gasteiger partial charge in [0.1, 0.15) is 18.0 Å². The molecular formula is C29H28Cl2FN5O5. The first kappa shape index (κ1) is 29.9. The van der Waals surface area contributed by atoms with Crippen molar-refractivity contribution < 1.29 is 28.2 Å². The number of anilines is 1. The third-order valence-corrected chi connectivity index (χ3v) is 7.19. The highest BCUT2D eigenvalue weighted by molar-refractivity contribution is 6.38. The van der Waals surface area contributed by atoms with Crippen LogP contribution in [0.3, 0.4) is 0 Å². The number of rotatable bonds is 9. The molecular weight excluding hydrogens is 588 g/mol. The monoisotopic (exact) mass is 615 g/mol. The number of ether oxygens (including phenoxy) is 3. The second-order valence-corrected chi connectivity index (χ2v) is 10.4. The van der Waals surface area contributed by atoms with Gasteiger partial charge in [-0.25, -0.2) is 14.4 Å². The van der Waals surface area contributed by atoms with Crippen LogP contribution in [-0.2, 0) is 20.8 Å². The first-order valence-corrected chi connectivity index (χ1v) is 13.9. The summed E-state index contributed by atoms with van der Waals surface area (Å²) in [5.74, 6) is -2.26. The fourth-order valence-electron chi connectivity index (χ4n) is 4.70. The first-order valence-electron chi connectivity index (χ1n) is 13.2. The van der Waals surface area contributed by atoms with Crippen molar-refractivity contribution in [3.63, 3.8) is 0 Å². The van der Waals surface area contributed by atoms with Gasteiger partial charge in [0.25, 0.3) is 11.8 Å². The van der Waals surface area contributed by atoms with E-state index in [1.807, 2.05) is 12.1 Å². The van der Waals surface area contributed by atoms with E-state index in [1.54, 1.807) is 24.3 Å². The lowest BCUT2D eigenvalue weighted by molar-refractivity contribution is -0.117. The number of amides is 2. The second kappa shape index (κ2) is 13.6. The molecule has 2 N–H and O–H groups in total. The Balaban J connectivity index is 1.55. The van der Waals surface area contributed by atoms with Crippen molar-refractivity contribution in [2.24, 2.45) is 4.99 Å². The van der Waals surface area contributed by atoms with Gasteiger partial charge in [-0.15, -0.1) is 0 Å². The molecule has 1 saturated heterocycles. The summed E-state index contributed by atoms with van der Waals surface area (Å²) in [5, 5.41) is 6.21. The van der Waals surface area contributed by atoms with E-state index in [9.17, 15) is 14.0 Å². The van der Waals surface area contributed by atoms with Crippen molar-refractivity contribution in [2.45, 2.75) is 12.7 Å². The number of morpholine rings is 1. The normalized spacial score (nSPS) is 17.1. The van der Waals surface area contributed by atoms with Gasteiger partial charge in [0.05, 0.1) is 42.4 Å². The van der Waals surface area contributed by atoms with Gasteiger partial charge >= 0.3 is 0 Å². The molecule has 220 valence electrons. The summed E-state index contributed by atoms with van der Waals surface area (Å²) in [6, 6.07) is 11.5. The van der Waals surface area contributed by atoms with E-state index in [1.165, 1.54) is 7.11 Å². The highest BCUT2D eigenvalue weighted by Crippen LogP contribution is 2.33. The van der Waals surface area contributed by atoms with Crippen LogP contribution >= 0.6 is 23.2 Å². The van der Waals surface area contributed by atoms with Crippen LogP contribution in [0.4, 0.5) is 10.1 Å². The molecule has 2 amide bonds. The maximum absolute atomic E-state index is 14.1. The van der Waals surface area contributed by atoms with Crippen LogP contribution in [0, 0.1) is 5.82 Å². The van der Waals surface area contributed by atoms with Crippen molar-refractivity contribution in [1.82, 2.24) is 15.2 Å². The van der Waals surface area contributed by atoms with Crippen LogP contribution in [0.5, 0.6) is 5.88 Å². The number of fused-ring (bicyclic) bond motifs is 1.